The Labute approximate surface area is 119 Å². The Hall–Kier alpha value is -1.77. The second-order valence-corrected chi connectivity index (χ2v) is 5.17. The highest BCUT2D eigenvalue weighted by Gasteiger charge is 2.08. The van der Waals surface area contributed by atoms with E-state index in [2.05, 4.69) is 13.8 Å². The quantitative estimate of drug-likeness (QED) is 0.751. The number of benzene rings is 1. The van der Waals surface area contributed by atoms with Gasteiger partial charge in [0.25, 0.3) is 0 Å². The molecule has 0 fully saturated rings. The minimum Gasteiger partial charge on any atom is -0.493 e. The van der Waals surface area contributed by atoms with Crippen LogP contribution in [0.25, 0.3) is 11.0 Å². The zero-order valence-electron chi connectivity index (χ0n) is 12.2. The summed E-state index contributed by atoms with van der Waals surface area (Å²) < 4.78 is 11.2. The largest absolute Gasteiger partial charge is 0.493 e. The molecule has 0 bridgehead atoms. The van der Waals surface area contributed by atoms with Crippen LogP contribution in [-0.2, 0) is 0 Å². The fourth-order valence-corrected chi connectivity index (χ4v) is 2.26. The van der Waals surface area contributed by atoms with Crippen LogP contribution in [0.15, 0.2) is 39.7 Å². The standard InChI is InChI=1S/C17H22O3/c1-3-5-6-13(4-2)12-20-14-7-8-15-16(18)9-10-19-17(15)11-14/h7-11,13H,3-6,12H2,1-2H3. The van der Waals surface area contributed by atoms with Gasteiger partial charge in [-0.3, -0.25) is 4.79 Å². The van der Waals surface area contributed by atoms with Crippen molar-refractivity contribution in [2.45, 2.75) is 39.5 Å². The molecule has 1 aromatic carbocycles. The first kappa shape index (κ1) is 14.6. The first-order chi connectivity index (χ1) is 9.74. The Balaban J connectivity index is 2.04. The minimum absolute atomic E-state index is 0.0211. The van der Waals surface area contributed by atoms with Crippen molar-refractivity contribution in [1.82, 2.24) is 0 Å². The van der Waals surface area contributed by atoms with Gasteiger partial charge < -0.3 is 9.15 Å². The van der Waals surface area contributed by atoms with Crippen LogP contribution < -0.4 is 10.2 Å². The van der Waals surface area contributed by atoms with E-state index < -0.39 is 0 Å². The molecule has 0 aliphatic carbocycles. The molecule has 1 unspecified atom stereocenters. The maximum absolute atomic E-state index is 11.6. The summed E-state index contributed by atoms with van der Waals surface area (Å²) in [5.74, 6) is 1.36. The van der Waals surface area contributed by atoms with Crippen LogP contribution in [0, 0.1) is 5.92 Å². The molecular formula is C17H22O3. The molecule has 0 aliphatic heterocycles. The van der Waals surface area contributed by atoms with E-state index in [4.69, 9.17) is 9.15 Å². The van der Waals surface area contributed by atoms with Crippen LogP contribution in [0.3, 0.4) is 0 Å². The lowest BCUT2D eigenvalue weighted by atomic mass is 10.0. The Morgan fingerprint density at radius 2 is 2.10 bits per heavy atom. The lowest BCUT2D eigenvalue weighted by Crippen LogP contribution is -2.11. The molecule has 0 amide bonds. The van der Waals surface area contributed by atoms with Crippen LogP contribution in [0.4, 0.5) is 0 Å². The Morgan fingerprint density at radius 3 is 2.85 bits per heavy atom. The molecule has 3 nitrogen and oxygen atoms in total. The molecule has 0 radical (unpaired) electrons. The van der Waals surface area contributed by atoms with Crippen LogP contribution in [-0.4, -0.2) is 6.61 Å². The lowest BCUT2D eigenvalue weighted by Gasteiger charge is -2.15. The predicted octanol–water partition coefficient (Wildman–Crippen LogP) is 4.39. The van der Waals surface area contributed by atoms with E-state index in [0.29, 0.717) is 16.9 Å². The smallest absolute Gasteiger partial charge is 0.192 e. The first-order valence-electron chi connectivity index (χ1n) is 7.39. The molecule has 1 heterocycles. The number of unbranched alkanes of at least 4 members (excludes halogenated alkanes) is 1. The van der Waals surface area contributed by atoms with E-state index >= 15 is 0 Å². The van der Waals surface area contributed by atoms with E-state index in [-0.39, 0.29) is 5.43 Å². The molecule has 0 saturated heterocycles. The van der Waals surface area contributed by atoms with Crippen molar-refractivity contribution in [3.05, 3.63) is 40.8 Å². The van der Waals surface area contributed by atoms with E-state index in [1.165, 1.54) is 31.6 Å². The number of ether oxygens (including phenoxy) is 1. The average molecular weight is 274 g/mol. The summed E-state index contributed by atoms with van der Waals surface area (Å²) in [7, 11) is 0. The topological polar surface area (TPSA) is 39.4 Å². The van der Waals surface area contributed by atoms with Crippen molar-refractivity contribution in [3.8, 4) is 5.75 Å². The maximum Gasteiger partial charge on any atom is 0.192 e. The van der Waals surface area contributed by atoms with E-state index in [1.54, 1.807) is 12.1 Å². The van der Waals surface area contributed by atoms with Crippen LogP contribution in [0.2, 0.25) is 0 Å². The van der Waals surface area contributed by atoms with E-state index in [1.807, 2.05) is 6.07 Å². The van der Waals surface area contributed by atoms with E-state index in [0.717, 1.165) is 18.8 Å². The van der Waals surface area contributed by atoms with Crippen LogP contribution in [0.1, 0.15) is 39.5 Å². The second kappa shape index (κ2) is 7.13. The molecular weight excluding hydrogens is 252 g/mol. The Morgan fingerprint density at radius 1 is 1.25 bits per heavy atom. The van der Waals surface area contributed by atoms with Gasteiger partial charge in [0.1, 0.15) is 11.3 Å². The van der Waals surface area contributed by atoms with Crippen molar-refractivity contribution in [2.75, 3.05) is 6.61 Å². The van der Waals surface area contributed by atoms with Crippen molar-refractivity contribution >= 4 is 11.0 Å². The molecule has 1 aromatic heterocycles. The van der Waals surface area contributed by atoms with Crippen molar-refractivity contribution in [3.63, 3.8) is 0 Å². The summed E-state index contributed by atoms with van der Waals surface area (Å²) in [6, 6.07) is 6.83. The van der Waals surface area contributed by atoms with Gasteiger partial charge in [0.2, 0.25) is 0 Å². The number of fused-ring (bicyclic) bond motifs is 1. The maximum atomic E-state index is 11.6. The van der Waals surface area contributed by atoms with Gasteiger partial charge in [0.15, 0.2) is 5.43 Å². The van der Waals surface area contributed by atoms with Gasteiger partial charge in [0, 0.05) is 12.1 Å². The summed E-state index contributed by atoms with van der Waals surface area (Å²) in [6.07, 6.45) is 6.22. The van der Waals surface area contributed by atoms with Crippen LogP contribution in [0.5, 0.6) is 5.75 Å². The highest BCUT2D eigenvalue weighted by Crippen LogP contribution is 2.20. The number of rotatable bonds is 7. The van der Waals surface area contributed by atoms with Gasteiger partial charge in [-0.25, -0.2) is 0 Å². The zero-order valence-corrected chi connectivity index (χ0v) is 12.2. The average Bonchev–Trinajstić information content (AvgIpc) is 2.47. The molecule has 20 heavy (non-hydrogen) atoms. The zero-order chi connectivity index (χ0) is 14.4. The molecule has 2 aromatic rings. The Kier molecular flexibility index (Phi) is 5.22. The summed E-state index contributed by atoms with van der Waals surface area (Å²) in [4.78, 5) is 11.6. The highest BCUT2D eigenvalue weighted by molar-refractivity contribution is 5.77. The molecule has 2 rings (SSSR count). The van der Waals surface area contributed by atoms with Crippen molar-refractivity contribution in [1.29, 1.82) is 0 Å². The van der Waals surface area contributed by atoms with Gasteiger partial charge in [-0.15, -0.1) is 0 Å². The van der Waals surface area contributed by atoms with Gasteiger partial charge >= 0.3 is 0 Å². The SMILES string of the molecule is CCCCC(CC)COc1ccc2c(=O)ccoc2c1. The molecule has 108 valence electrons. The number of hydrogen-bond acceptors (Lipinski definition) is 3. The lowest BCUT2D eigenvalue weighted by molar-refractivity contribution is 0.233. The fourth-order valence-electron chi connectivity index (χ4n) is 2.26. The first-order valence-corrected chi connectivity index (χ1v) is 7.39. The molecule has 1 atom stereocenters. The molecule has 0 aliphatic rings. The fraction of sp³-hybridized carbons (Fsp3) is 0.471. The highest BCUT2D eigenvalue weighted by atomic mass is 16.5. The molecule has 3 heteroatoms. The number of hydrogen-bond donors (Lipinski definition) is 0. The third-order valence-electron chi connectivity index (χ3n) is 3.66. The summed E-state index contributed by atoms with van der Waals surface area (Å²) in [5, 5.41) is 0.595. The van der Waals surface area contributed by atoms with Gasteiger partial charge in [-0.1, -0.05) is 33.1 Å². The van der Waals surface area contributed by atoms with Gasteiger partial charge in [-0.2, -0.15) is 0 Å². The van der Waals surface area contributed by atoms with Crippen molar-refractivity contribution in [2.24, 2.45) is 5.92 Å². The van der Waals surface area contributed by atoms with Crippen molar-refractivity contribution < 1.29 is 9.15 Å². The normalized spacial score (nSPS) is 12.5. The van der Waals surface area contributed by atoms with Crippen LogP contribution >= 0.6 is 0 Å². The monoisotopic (exact) mass is 274 g/mol. The molecule has 0 spiro atoms. The molecule has 0 N–H and O–H groups in total. The predicted molar refractivity (Wildman–Crippen MR) is 81.3 cm³/mol. The summed E-state index contributed by atoms with van der Waals surface area (Å²) in [6.45, 7) is 5.13. The minimum atomic E-state index is -0.0211. The Bertz CT molecular complexity index is 600. The second-order valence-electron chi connectivity index (χ2n) is 5.17. The van der Waals surface area contributed by atoms with E-state index in [9.17, 15) is 4.79 Å². The third kappa shape index (κ3) is 3.62. The third-order valence-corrected chi connectivity index (χ3v) is 3.66. The summed E-state index contributed by atoms with van der Waals surface area (Å²) >= 11 is 0. The summed E-state index contributed by atoms with van der Waals surface area (Å²) in [5.41, 5.74) is 0.559. The van der Waals surface area contributed by atoms with Gasteiger partial charge in [0.05, 0.1) is 18.3 Å². The van der Waals surface area contributed by atoms with Gasteiger partial charge in [-0.05, 0) is 24.5 Å². The molecule has 0 saturated carbocycles.